The second-order valence-corrected chi connectivity index (χ2v) is 15.7. The summed E-state index contributed by atoms with van der Waals surface area (Å²) in [5.41, 5.74) is 14.0. The minimum atomic E-state index is 1.08. The van der Waals surface area contributed by atoms with Crippen LogP contribution in [0, 0.1) is 0 Å². The number of nitrogens with zero attached hydrogens (tertiary/aromatic N) is 2. The van der Waals surface area contributed by atoms with Gasteiger partial charge in [-0.1, -0.05) is 182 Å². The molecule has 0 aliphatic rings. The van der Waals surface area contributed by atoms with Gasteiger partial charge < -0.3 is 9.80 Å². The third kappa shape index (κ3) is 6.65. The molecule has 0 fully saturated rings. The molecule has 0 aliphatic carbocycles. The van der Waals surface area contributed by atoms with Gasteiger partial charge in [-0.25, -0.2) is 0 Å². The normalized spacial score (nSPS) is 11.2. The standard InChI is InChI=1S/C60H42N2/c1-6-20-43(21-7-1)59-54-30-16-17-31-55(54)60(44-22-8-2-9-23-44)57-42-45(36-41-56(57)59)51-32-18-34-53-52(51)33-19-35-58(53)62(48-28-14-5-15-29-48)50-39-37-49(38-40-50)61(46-24-10-3-11-25-46)47-26-12-4-13-27-47/h1-42H. The Morgan fingerprint density at radius 1 is 0.210 bits per heavy atom. The fraction of sp³-hybridized carbons (Fsp3) is 0. The maximum atomic E-state index is 2.43. The third-order valence-electron chi connectivity index (χ3n) is 12.0. The van der Waals surface area contributed by atoms with Crippen LogP contribution >= 0.6 is 0 Å². The molecule has 0 bridgehead atoms. The molecule has 0 aliphatic heterocycles. The summed E-state index contributed by atoms with van der Waals surface area (Å²) >= 11 is 0. The van der Waals surface area contributed by atoms with Crippen LogP contribution in [0.1, 0.15) is 0 Å². The highest BCUT2D eigenvalue weighted by atomic mass is 15.2. The van der Waals surface area contributed by atoms with E-state index in [-0.39, 0.29) is 0 Å². The summed E-state index contributed by atoms with van der Waals surface area (Å²) in [6.45, 7) is 0. The van der Waals surface area contributed by atoms with Crippen molar-refractivity contribution in [3.05, 3.63) is 255 Å². The molecule has 0 aromatic heterocycles. The topological polar surface area (TPSA) is 6.48 Å². The first-order chi connectivity index (χ1) is 30.8. The predicted octanol–water partition coefficient (Wildman–Crippen LogP) is 17.1. The average molecular weight is 791 g/mol. The summed E-state index contributed by atoms with van der Waals surface area (Å²) in [7, 11) is 0. The summed E-state index contributed by atoms with van der Waals surface area (Å²) < 4.78 is 0. The molecule has 0 atom stereocenters. The molecule has 0 N–H and O–H groups in total. The molecule has 62 heavy (non-hydrogen) atoms. The van der Waals surface area contributed by atoms with Gasteiger partial charge in [0.15, 0.2) is 0 Å². The SMILES string of the molecule is c1ccc(-c2c3ccccc3c(-c3ccccc3)c3cc(-c4cccc5c(N(c6ccccc6)c6ccc(N(c7ccccc7)c7ccccc7)cc6)cccc45)ccc23)cc1. The van der Waals surface area contributed by atoms with Crippen LogP contribution in [0.25, 0.3) is 65.7 Å². The monoisotopic (exact) mass is 790 g/mol. The van der Waals surface area contributed by atoms with Gasteiger partial charge in [0.05, 0.1) is 5.69 Å². The number of hydrogen-bond acceptors (Lipinski definition) is 2. The molecule has 292 valence electrons. The smallest absolute Gasteiger partial charge is 0.0540 e. The molecule has 11 aromatic carbocycles. The van der Waals surface area contributed by atoms with Crippen molar-refractivity contribution in [1.29, 1.82) is 0 Å². The number of hydrogen-bond donors (Lipinski definition) is 0. The molecule has 2 nitrogen and oxygen atoms in total. The van der Waals surface area contributed by atoms with Crippen molar-refractivity contribution in [3.8, 4) is 33.4 Å². The second kappa shape index (κ2) is 16.1. The minimum Gasteiger partial charge on any atom is -0.311 e. The number of benzene rings is 11. The van der Waals surface area contributed by atoms with Gasteiger partial charge in [0.25, 0.3) is 0 Å². The van der Waals surface area contributed by atoms with Crippen LogP contribution in [0.2, 0.25) is 0 Å². The molecule has 0 radical (unpaired) electrons. The number of para-hydroxylation sites is 3. The lowest BCUT2D eigenvalue weighted by Gasteiger charge is -2.29. The highest BCUT2D eigenvalue weighted by molar-refractivity contribution is 6.22. The van der Waals surface area contributed by atoms with Gasteiger partial charge in [0, 0.05) is 33.8 Å². The van der Waals surface area contributed by atoms with Gasteiger partial charge in [-0.2, -0.15) is 0 Å². The molecule has 11 rings (SSSR count). The third-order valence-corrected chi connectivity index (χ3v) is 12.0. The number of anilines is 6. The Hall–Kier alpha value is -8.20. The van der Waals surface area contributed by atoms with Gasteiger partial charge >= 0.3 is 0 Å². The van der Waals surface area contributed by atoms with Crippen LogP contribution in [0.15, 0.2) is 255 Å². The van der Waals surface area contributed by atoms with E-state index in [4.69, 9.17) is 0 Å². The van der Waals surface area contributed by atoms with Crippen molar-refractivity contribution in [2.45, 2.75) is 0 Å². The van der Waals surface area contributed by atoms with Gasteiger partial charge in [-0.05, 0) is 133 Å². The average Bonchev–Trinajstić information content (AvgIpc) is 3.35. The van der Waals surface area contributed by atoms with Crippen molar-refractivity contribution < 1.29 is 0 Å². The Kier molecular flexibility index (Phi) is 9.57. The maximum absolute atomic E-state index is 2.43. The minimum absolute atomic E-state index is 1.08. The molecule has 11 aromatic rings. The largest absolute Gasteiger partial charge is 0.311 e. The van der Waals surface area contributed by atoms with Crippen LogP contribution in [-0.2, 0) is 0 Å². The molecule has 0 saturated heterocycles. The van der Waals surface area contributed by atoms with Crippen molar-refractivity contribution >= 4 is 66.4 Å². The van der Waals surface area contributed by atoms with Crippen molar-refractivity contribution in [2.75, 3.05) is 9.80 Å². The first-order valence-electron chi connectivity index (χ1n) is 21.3. The highest BCUT2D eigenvalue weighted by Gasteiger charge is 2.21. The fourth-order valence-electron chi connectivity index (χ4n) is 9.27. The molecule has 2 heteroatoms. The number of fused-ring (bicyclic) bond motifs is 3. The van der Waals surface area contributed by atoms with E-state index in [1.165, 1.54) is 65.7 Å². The highest BCUT2D eigenvalue weighted by Crippen LogP contribution is 2.47. The Morgan fingerprint density at radius 2 is 0.597 bits per heavy atom. The summed E-state index contributed by atoms with van der Waals surface area (Å²) in [6, 6.07) is 92.0. The quantitative estimate of drug-likeness (QED) is 0.134. The van der Waals surface area contributed by atoms with Gasteiger partial charge in [0.2, 0.25) is 0 Å². The Morgan fingerprint density at radius 3 is 1.15 bits per heavy atom. The molecule has 0 unspecified atom stereocenters. The molecular formula is C60H42N2. The van der Waals surface area contributed by atoms with Gasteiger partial charge in [0.1, 0.15) is 0 Å². The summed E-state index contributed by atoms with van der Waals surface area (Å²) in [5.74, 6) is 0. The van der Waals surface area contributed by atoms with E-state index in [0.29, 0.717) is 0 Å². The van der Waals surface area contributed by atoms with E-state index in [0.717, 1.165) is 34.1 Å². The van der Waals surface area contributed by atoms with Gasteiger partial charge in [-0.3, -0.25) is 0 Å². The molecule has 0 heterocycles. The second-order valence-electron chi connectivity index (χ2n) is 15.7. The first-order valence-corrected chi connectivity index (χ1v) is 21.3. The zero-order valence-electron chi connectivity index (χ0n) is 34.1. The molecule has 0 amide bonds. The van der Waals surface area contributed by atoms with Crippen LogP contribution < -0.4 is 9.80 Å². The molecule has 0 saturated carbocycles. The van der Waals surface area contributed by atoms with E-state index in [2.05, 4.69) is 265 Å². The predicted molar refractivity (Wildman–Crippen MR) is 265 cm³/mol. The lowest BCUT2D eigenvalue weighted by atomic mass is 9.84. The number of rotatable bonds is 9. The Labute approximate surface area is 362 Å². The fourth-order valence-corrected chi connectivity index (χ4v) is 9.27. The molecular weight excluding hydrogens is 749 g/mol. The van der Waals surface area contributed by atoms with Crippen molar-refractivity contribution in [1.82, 2.24) is 0 Å². The zero-order valence-corrected chi connectivity index (χ0v) is 34.1. The van der Waals surface area contributed by atoms with Crippen LogP contribution in [-0.4, -0.2) is 0 Å². The van der Waals surface area contributed by atoms with E-state index < -0.39 is 0 Å². The Bertz CT molecular complexity index is 3270. The van der Waals surface area contributed by atoms with Gasteiger partial charge in [-0.15, -0.1) is 0 Å². The maximum Gasteiger partial charge on any atom is 0.0540 e. The summed E-state index contributed by atoms with van der Waals surface area (Å²) in [5, 5.41) is 7.38. The molecule has 0 spiro atoms. The van der Waals surface area contributed by atoms with Crippen molar-refractivity contribution in [3.63, 3.8) is 0 Å². The lowest BCUT2D eigenvalue weighted by molar-refractivity contribution is 1.26. The van der Waals surface area contributed by atoms with Crippen molar-refractivity contribution in [2.24, 2.45) is 0 Å². The van der Waals surface area contributed by atoms with E-state index in [1.54, 1.807) is 0 Å². The van der Waals surface area contributed by atoms with E-state index in [9.17, 15) is 0 Å². The van der Waals surface area contributed by atoms with Crippen LogP contribution in [0.3, 0.4) is 0 Å². The lowest BCUT2D eigenvalue weighted by Crippen LogP contribution is -2.12. The Balaban J connectivity index is 1.08. The first kappa shape index (κ1) is 36.8. The van der Waals surface area contributed by atoms with Crippen LogP contribution in [0.4, 0.5) is 34.1 Å². The summed E-state index contributed by atoms with van der Waals surface area (Å²) in [4.78, 5) is 4.69. The summed E-state index contributed by atoms with van der Waals surface area (Å²) in [6.07, 6.45) is 0. The van der Waals surface area contributed by atoms with E-state index >= 15 is 0 Å². The van der Waals surface area contributed by atoms with Crippen LogP contribution in [0.5, 0.6) is 0 Å². The zero-order chi connectivity index (χ0) is 41.2. The van der Waals surface area contributed by atoms with E-state index in [1.807, 2.05) is 0 Å².